The van der Waals surface area contributed by atoms with E-state index in [1.54, 1.807) is 30.2 Å². The first-order valence-electron chi connectivity index (χ1n) is 11.5. The first-order valence-corrected chi connectivity index (χ1v) is 12.3. The molecule has 0 spiro atoms. The summed E-state index contributed by atoms with van der Waals surface area (Å²) in [5.74, 6) is 0.248. The molecule has 1 atom stereocenters. The standard InChI is InChI=1S/C27H28BrN3O4/c1-3-18-9-13-22(14-10-18)31-16-20(15-25(31)32)27(33)30-29-23-5-4-6-24(34-2)26(23)35-17-19-7-11-21(28)12-8-19/h4-14,20,29H,3,15-17H2,1-2H3,(H,30,33)/t20-/m0/s1. The highest BCUT2D eigenvalue weighted by atomic mass is 79.9. The fourth-order valence-corrected chi connectivity index (χ4v) is 4.20. The third kappa shape index (κ3) is 5.95. The lowest BCUT2D eigenvalue weighted by Crippen LogP contribution is -2.36. The van der Waals surface area contributed by atoms with Gasteiger partial charge in [-0.3, -0.25) is 20.4 Å². The molecule has 1 heterocycles. The smallest absolute Gasteiger partial charge is 0.243 e. The molecule has 7 nitrogen and oxygen atoms in total. The molecule has 0 unspecified atom stereocenters. The molecule has 4 rings (SSSR count). The number of hydrogen-bond donors (Lipinski definition) is 2. The van der Waals surface area contributed by atoms with Crippen LogP contribution in [-0.2, 0) is 22.6 Å². The molecule has 0 bridgehead atoms. The number of para-hydroxylation sites is 1. The number of benzene rings is 3. The highest BCUT2D eigenvalue weighted by Crippen LogP contribution is 2.35. The van der Waals surface area contributed by atoms with Crippen LogP contribution in [0, 0.1) is 5.92 Å². The number of amides is 2. The van der Waals surface area contributed by atoms with E-state index in [1.807, 2.05) is 48.5 Å². The number of nitrogens with zero attached hydrogens (tertiary/aromatic N) is 1. The molecule has 1 aliphatic rings. The van der Waals surface area contributed by atoms with Gasteiger partial charge in [-0.1, -0.05) is 53.2 Å². The van der Waals surface area contributed by atoms with Gasteiger partial charge in [-0.2, -0.15) is 0 Å². The Bertz CT molecular complexity index is 1180. The number of hydrazine groups is 1. The average molecular weight is 538 g/mol. The van der Waals surface area contributed by atoms with Gasteiger partial charge in [0.1, 0.15) is 6.61 Å². The quantitative estimate of drug-likeness (QED) is 0.371. The second-order valence-corrected chi connectivity index (χ2v) is 9.21. The number of ether oxygens (including phenoxy) is 2. The summed E-state index contributed by atoms with van der Waals surface area (Å²) in [5.41, 5.74) is 9.26. The van der Waals surface area contributed by atoms with Crippen molar-refractivity contribution in [2.45, 2.75) is 26.4 Å². The van der Waals surface area contributed by atoms with Crippen LogP contribution in [0.1, 0.15) is 24.5 Å². The van der Waals surface area contributed by atoms with Crippen molar-refractivity contribution >= 4 is 39.1 Å². The van der Waals surface area contributed by atoms with Crippen molar-refractivity contribution in [1.82, 2.24) is 5.43 Å². The molecule has 2 amide bonds. The number of methoxy groups -OCH3 is 1. The maximum absolute atomic E-state index is 12.9. The monoisotopic (exact) mass is 537 g/mol. The minimum Gasteiger partial charge on any atom is -0.493 e. The Kier molecular flexibility index (Phi) is 7.92. The first-order chi connectivity index (χ1) is 17.0. The van der Waals surface area contributed by atoms with E-state index >= 15 is 0 Å². The SMILES string of the molecule is CCc1ccc(N2C[C@@H](C(=O)NNc3cccc(OC)c3OCc3ccc(Br)cc3)CC2=O)cc1. The van der Waals surface area contributed by atoms with Crippen LogP contribution in [0.5, 0.6) is 11.5 Å². The molecule has 0 aliphatic carbocycles. The average Bonchev–Trinajstić information content (AvgIpc) is 3.28. The zero-order chi connectivity index (χ0) is 24.8. The molecular formula is C27H28BrN3O4. The second-order valence-electron chi connectivity index (χ2n) is 8.29. The van der Waals surface area contributed by atoms with Crippen molar-refractivity contribution in [2.75, 3.05) is 24.0 Å². The molecule has 0 radical (unpaired) electrons. The van der Waals surface area contributed by atoms with Crippen LogP contribution in [0.3, 0.4) is 0 Å². The zero-order valence-electron chi connectivity index (χ0n) is 19.7. The van der Waals surface area contributed by atoms with Crippen LogP contribution in [0.4, 0.5) is 11.4 Å². The van der Waals surface area contributed by atoms with Gasteiger partial charge in [-0.05, 0) is 53.9 Å². The lowest BCUT2D eigenvalue weighted by molar-refractivity contribution is -0.125. The van der Waals surface area contributed by atoms with Crippen LogP contribution in [0.15, 0.2) is 71.2 Å². The zero-order valence-corrected chi connectivity index (χ0v) is 21.3. The van der Waals surface area contributed by atoms with Gasteiger partial charge in [0.15, 0.2) is 11.5 Å². The Morgan fingerprint density at radius 1 is 1.06 bits per heavy atom. The Morgan fingerprint density at radius 2 is 1.77 bits per heavy atom. The Balaban J connectivity index is 1.40. The molecule has 0 aromatic heterocycles. The normalized spacial score (nSPS) is 15.1. The lowest BCUT2D eigenvalue weighted by atomic mass is 10.1. The van der Waals surface area contributed by atoms with Crippen LogP contribution >= 0.6 is 15.9 Å². The van der Waals surface area contributed by atoms with E-state index in [-0.39, 0.29) is 18.2 Å². The minimum absolute atomic E-state index is 0.0608. The summed E-state index contributed by atoms with van der Waals surface area (Å²) in [7, 11) is 1.57. The number of aryl methyl sites for hydroxylation is 1. The Labute approximate surface area is 213 Å². The number of nitrogens with one attached hydrogen (secondary N) is 2. The molecule has 3 aromatic rings. The lowest BCUT2D eigenvalue weighted by Gasteiger charge is -2.19. The first kappa shape index (κ1) is 24.6. The van der Waals surface area contributed by atoms with Crippen LogP contribution in [0.25, 0.3) is 0 Å². The molecule has 8 heteroatoms. The van der Waals surface area contributed by atoms with E-state index in [4.69, 9.17) is 9.47 Å². The van der Waals surface area contributed by atoms with Gasteiger partial charge in [-0.15, -0.1) is 0 Å². The van der Waals surface area contributed by atoms with E-state index in [0.717, 1.165) is 22.1 Å². The molecule has 1 aliphatic heterocycles. The molecule has 2 N–H and O–H groups in total. The van der Waals surface area contributed by atoms with Gasteiger partial charge in [0.25, 0.3) is 0 Å². The summed E-state index contributed by atoms with van der Waals surface area (Å²) in [6, 6.07) is 21.1. The molecule has 182 valence electrons. The number of anilines is 2. The van der Waals surface area contributed by atoms with E-state index in [9.17, 15) is 9.59 Å². The van der Waals surface area contributed by atoms with Crippen LogP contribution in [0.2, 0.25) is 0 Å². The predicted molar refractivity (Wildman–Crippen MR) is 140 cm³/mol. The molecule has 35 heavy (non-hydrogen) atoms. The van der Waals surface area contributed by atoms with Crippen molar-refractivity contribution < 1.29 is 19.1 Å². The Hall–Kier alpha value is -3.52. The van der Waals surface area contributed by atoms with Gasteiger partial charge in [0.2, 0.25) is 11.8 Å². The number of carbonyl (C=O) groups is 2. The van der Waals surface area contributed by atoms with E-state index < -0.39 is 5.92 Å². The summed E-state index contributed by atoms with van der Waals surface area (Å²) >= 11 is 3.43. The summed E-state index contributed by atoms with van der Waals surface area (Å²) in [6.45, 7) is 2.75. The van der Waals surface area contributed by atoms with Gasteiger partial charge in [0.05, 0.1) is 18.7 Å². The number of hydrogen-bond acceptors (Lipinski definition) is 5. The van der Waals surface area contributed by atoms with Gasteiger partial charge in [0, 0.05) is 23.1 Å². The van der Waals surface area contributed by atoms with Crippen molar-refractivity contribution in [3.05, 3.63) is 82.3 Å². The highest BCUT2D eigenvalue weighted by Gasteiger charge is 2.35. The van der Waals surface area contributed by atoms with Gasteiger partial charge in [-0.25, -0.2) is 0 Å². The summed E-state index contributed by atoms with van der Waals surface area (Å²) in [5, 5.41) is 0. The molecule has 1 saturated heterocycles. The summed E-state index contributed by atoms with van der Waals surface area (Å²) in [4.78, 5) is 27.1. The largest absolute Gasteiger partial charge is 0.493 e. The van der Waals surface area contributed by atoms with Crippen molar-refractivity contribution in [1.29, 1.82) is 0 Å². The van der Waals surface area contributed by atoms with Crippen molar-refractivity contribution in [2.24, 2.45) is 5.92 Å². The fourth-order valence-electron chi connectivity index (χ4n) is 3.94. The minimum atomic E-state index is -0.460. The van der Waals surface area contributed by atoms with Crippen molar-refractivity contribution in [3.63, 3.8) is 0 Å². The Morgan fingerprint density at radius 3 is 2.46 bits per heavy atom. The fraction of sp³-hybridized carbons (Fsp3) is 0.259. The molecule has 1 fully saturated rings. The van der Waals surface area contributed by atoms with Crippen molar-refractivity contribution in [3.8, 4) is 11.5 Å². The second kappa shape index (κ2) is 11.3. The number of rotatable bonds is 9. The van der Waals surface area contributed by atoms with Gasteiger partial charge >= 0.3 is 0 Å². The summed E-state index contributed by atoms with van der Waals surface area (Å²) in [6.07, 6.45) is 1.10. The van der Waals surface area contributed by atoms with E-state index in [2.05, 4.69) is 33.7 Å². The maximum Gasteiger partial charge on any atom is 0.243 e. The summed E-state index contributed by atoms with van der Waals surface area (Å²) < 4.78 is 12.5. The van der Waals surface area contributed by atoms with Crippen LogP contribution in [-0.4, -0.2) is 25.5 Å². The molecule has 3 aromatic carbocycles. The maximum atomic E-state index is 12.9. The number of halogens is 1. The molecular weight excluding hydrogens is 510 g/mol. The third-order valence-electron chi connectivity index (χ3n) is 5.97. The molecule has 0 saturated carbocycles. The van der Waals surface area contributed by atoms with Gasteiger partial charge < -0.3 is 14.4 Å². The third-order valence-corrected chi connectivity index (χ3v) is 6.50. The van der Waals surface area contributed by atoms with Crippen LogP contribution < -0.4 is 25.2 Å². The topological polar surface area (TPSA) is 79.9 Å². The predicted octanol–water partition coefficient (Wildman–Crippen LogP) is 5.10. The van der Waals surface area contributed by atoms with E-state index in [0.29, 0.717) is 30.3 Å². The highest BCUT2D eigenvalue weighted by molar-refractivity contribution is 9.10. The van der Waals surface area contributed by atoms with E-state index in [1.165, 1.54) is 5.56 Å². The number of carbonyl (C=O) groups excluding carboxylic acids is 2.